The van der Waals surface area contributed by atoms with E-state index in [9.17, 15) is 23.3 Å². The van der Waals surface area contributed by atoms with Gasteiger partial charge in [0.1, 0.15) is 0 Å². The molecule has 0 aliphatic rings. The van der Waals surface area contributed by atoms with Crippen LogP contribution in [-0.2, 0) is 14.8 Å². The van der Waals surface area contributed by atoms with Gasteiger partial charge in [0.15, 0.2) is 0 Å². The molecule has 0 spiro atoms. The second kappa shape index (κ2) is 6.67. The number of para-hydroxylation sites is 1. The molecule has 0 saturated heterocycles. The third kappa shape index (κ3) is 3.20. The molecule has 8 nitrogen and oxygen atoms in total. The van der Waals surface area contributed by atoms with E-state index in [1.165, 1.54) is 26.3 Å². The van der Waals surface area contributed by atoms with E-state index in [2.05, 4.69) is 4.74 Å². The molecular weight excluding hydrogens is 336 g/mol. The third-order valence-corrected chi connectivity index (χ3v) is 5.14. The lowest BCUT2D eigenvalue weighted by Crippen LogP contribution is -2.28. The number of esters is 1. The van der Waals surface area contributed by atoms with Crippen LogP contribution in [0.4, 0.5) is 11.4 Å². The predicted molar refractivity (Wildman–Crippen MR) is 86.5 cm³/mol. The van der Waals surface area contributed by atoms with Crippen molar-refractivity contribution in [1.29, 1.82) is 0 Å². The number of benzene rings is 2. The van der Waals surface area contributed by atoms with E-state index in [1.807, 2.05) is 0 Å². The summed E-state index contributed by atoms with van der Waals surface area (Å²) >= 11 is 0. The fourth-order valence-corrected chi connectivity index (χ4v) is 3.27. The normalized spacial score (nSPS) is 10.9. The summed E-state index contributed by atoms with van der Waals surface area (Å²) in [5, 5.41) is 10.7. The fraction of sp³-hybridized carbons (Fsp3) is 0.133. The first-order valence-corrected chi connectivity index (χ1v) is 8.13. The van der Waals surface area contributed by atoms with Crippen LogP contribution >= 0.6 is 0 Å². The first-order chi connectivity index (χ1) is 11.3. The maximum Gasteiger partial charge on any atom is 0.340 e. The lowest BCUT2D eigenvalue weighted by atomic mass is 10.2. The number of carbonyl (C=O) groups is 1. The molecule has 9 heteroatoms. The van der Waals surface area contributed by atoms with Crippen LogP contribution in [0.2, 0.25) is 0 Å². The van der Waals surface area contributed by atoms with Crippen molar-refractivity contribution >= 4 is 27.4 Å². The summed E-state index contributed by atoms with van der Waals surface area (Å²) in [7, 11) is -1.51. The topological polar surface area (TPSA) is 107 Å². The van der Waals surface area contributed by atoms with Gasteiger partial charge in [0.05, 0.1) is 28.2 Å². The summed E-state index contributed by atoms with van der Waals surface area (Å²) in [4.78, 5) is 21.7. The Hall–Kier alpha value is -2.94. The van der Waals surface area contributed by atoms with Crippen LogP contribution in [0.5, 0.6) is 0 Å². The van der Waals surface area contributed by atoms with Gasteiger partial charge >= 0.3 is 5.97 Å². The van der Waals surface area contributed by atoms with Crippen LogP contribution in [-0.4, -0.2) is 33.5 Å². The molecule has 0 unspecified atom stereocenters. The number of sulfonamides is 1. The molecule has 0 radical (unpaired) electrons. The summed E-state index contributed by atoms with van der Waals surface area (Å²) in [6, 6.07) is 10.6. The van der Waals surface area contributed by atoms with Crippen molar-refractivity contribution in [2.45, 2.75) is 4.90 Å². The Kier molecular flexibility index (Phi) is 4.84. The minimum absolute atomic E-state index is 0.0907. The van der Waals surface area contributed by atoms with E-state index < -0.39 is 20.9 Å². The van der Waals surface area contributed by atoms with Gasteiger partial charge in [-0.3, -0.25) is 14.4 Å². The Balaban J connectivity index is 2.47. The molecular formula is C15H14N2O6S. The molecule has 0 aliphatic heterocycles. The summed E-state index contributed by atoms with van der Waals surface area (Å²) in [6.07, 6.45) is 0. The summed E-state index contributed by atoms with van der Waals surface area (Å²) in [5.41, 5.74) is 0.0160. The van der Waals surface area contributed by atoms with Crippen LogP contribution in [0.3, 0.4) is 0 Å². The maximum absolute atomic E-state index is 12.7. The van der Waals surface area contributed by atoms with E-state index >= 15 is 0 Å². The van der Waals surface area contributed by atoms with Gasteiger partial charge in [0.2, 0.25) is 0 Å². The van der Waals surface area contributed by atoms with Crippen molar-refractivity contribution in [3.8, 4) is 0 Å². The number of nitro benzene ring substituents is 1. The fourth-order valence-electron chi connectivity index (χ4n) is 2.06. The molecule has 0 aromatic heterocycles. The second-order valence-corrected chi connectivity index (χ2v) is 6.70. The highest BCUT2D eigenvalue weighted by atomic mass is 32.2. The Labute approximate surface area is 138 Å². The highest BCUT2D eigenvalue weighted by molar-refractivity contribution is 7.92. The van der Waals surface area contributed by atoms with Crippen molar-refractivity contribution in [1.82, 2.24) is 0 Å². The number of ether oxygens (including phenoxy) is 1. The minimum atomic E-state index is -4.00. The second-order valence-electron chi connectivity index (χ2n) is 4.73. The summed E-state index contributed by atoms with van der Waals surface area (Å²) < 4.78 is 30.9. The van der Waals surface area contributed by atoms with Gasteiger partial charge in [-0.25, -0.2) is 13.2 Å². The van der Waals surface area contributed by atoms with Gasteiger partial charge in [-0.1, -0.05) is 12.1 Å². The molecule has 0 bridgehead atoms. The van der Waals surface area contributed by atoms with Crippen molar-refractivity contribution in [2.75, 3.05) is 18.5 Å². The van der Waals surface area contributed by atoms with Gasteiger partial charge in [-0.2, -0.15) is 0 Å². The van der Waals surface area contributed by atoms with Crippen molar-refractivity contribution < 1.29 is 22.9 Å². The average molecular weight is 350 g/mol. The molecule has 2 aromatic carbocycles. The van der Waals surface area contributed by atoms with Crippen molar-refractivity contribution in [3.05, 3.63) is 64.2 Å². The number of nitrogens with zero attached hydrogens (tertiary/aromatic N) is 2. The van der Waals surface area contributed by atoms with Crippen LogP contribution < -0.4 is 4.31 Å². The third-order valence-electron chi connectivity index (χ3n) is 3.35. The molecule has 0 saturated carbocycles. The molecule has 2 rings (SSSR count). The van der Waals surface area contributed by atoms with Crippen LogP contribution in [0.1, 0.15) is 10.4 Å². The quantitative estimate of drug-likeness (QED) is 0.465. The van der Waals surface area contributed by atoms with E-state index in [0.29, 0.717) is 0 Å². The van der Waals surface area contributed by atoms with Crippen molar-refractivity contribution in [2.24, 2.45) is 0 Å². The highest BCUT2D eigenvalue weighted by Gasteiger charge is 2.25. The van der Waals surface area contributed by atoms with Crippen LogP contribution in [0, 0.1) is 10.1 Å². The van der Waals surface area contributed by atoms with E-state index in [-0.39, 0.29) is 21.8 Å². The Morgan fingerprint density at radius 3 is 2.25 bits per heavy atom. The van der Waals surface area contributed by atoms with Gasteiger partial charge < -0.3 is 4.74 Å². The maximum atomic E-state index is 12.7. The zero-order valence-corrected chi connectivity index (χ0v) is 13.7. The number of hydrogen-bond donors (Lipinski definition) is 0. The molecule has 0 heterocycles. The molecule has 0 amide bonds. The van der Waals surface area contributed by atoms with E-state index in [0.717, 1.165) is 28.6 Å². The largest absolute Gasteiger partial charge is 0.465 e. The predicted octanol–water partition coefficient (Wildman–Crippen LogP) is 2.21. The lowest BCUT2D eigenvalue weighted by molar-refractivity contribution is -0.384. The number of anilines is 1. The van der Waals surface area contributed by atoms with E-state index in [4.69, 9.17) is 0 Å². The standard InChI is InChI=1S/C15H14N2O6S/c1-16(14-6-4-3-5-13(14)15(18)23-2)24(21,22)12-9-7-11(8-10-12)17(19)20/h3-10H,1-2H3. The summed E-state index contributed by atoms with van der Waals surface area (Å²) in [6.45, 7) is 0. The first-order valence-electron chi connectivity index (χ1n) is 6.69. The highest BCUT2D eigenvalue weighted by Crippen LogP contribution is 2.27. The smallest absolute Gasteiger partial charge is 0.340 e. The Morgan fingerprint density at radius 2 is 1.71 bits per heavy atom. The molecule has 0 N–H and O–H groups in total. The van der Waals surface area contributed by atoms with E-state index in [1.54, 1.807) is 12.1 Å². The average Bonchev–Trinajstić information content (AvgIpc) is 2.60. The molecule has 126 valence electrons. The zero-order valence-electron chi connectivity index (χ0n) is 12.9. The monoisotopic (exact) mass is 350 g/mol. The number of hydrogen-bond acceptors (Lipinski definition) is 6. The summed E-state index contributed by atoms with van der Waals surface area (Å²) in [5.74, 6) is -0.670. The van der Waals surface area contributed by atoms with Gasteiger partial charge in [-0.05, 0) is 24.3 Å². The first kappa shape index (κ1) is 17.4. The molecule has 0 atom stereocenters. The molecule has 2 aromatic rings. The number of rotatable bonds is 5. The van der Waals surface area contributed by atoms with Crippen molar-refractivity contribution in [3.63, 3.8) is 0 Å². The molecule has 0 aliphatic carbocycles. The number of carbonyl (C=O) groups excluding carboxylic acids is 1. The van der Waals surface area contributed by atoms with Gasteiger partial charge in [-0.15, -0.1) is 0 Å². The molecule has 0 fully saturated rings. The Morgan fingerprint density at radius 1 is 1.12 bits per heavy atom. The minimum Gasteiger partial charge on any atom is -0.465 e. The Bertz CT molecular complexity index is 877. The van der Waals surface area contributed by atoms with Crippen LogP contribution in [0.25, 0.3) is 0 Å². The van der Waals surface area contributed by atoms with Gasteiger partial charge in [0, 0.05) is 19.2 Å². The lowest BCUT2D eigenvalue weighted by Gasteiger charge is -2.21. The van der Waals surface area contributed by atoms with Gasteiger partial charge in [0.25, 0.3) is 15.7 Å². The molecule has 24 heavy (non-hydrogen) atoms. The number of nitro groups is 1. The zero-order chi connectivity index (χ0) is 17.9. The van der Waals surface area contributed by atoms with Crippen LogP contribution in [0.15, 0.2) is 53.4 Å². The number of methoxy groups -OCH3 is 1. The number of non-ortho nitro benzene ring substituents is 1. The SMILES string of the molecule is COC(=O)c1ccccc1N(C)S(=O)(=O)c1ccc([N+](=O)[O-])cc1.